The second-order valence-corrected chi connectivity index (χ2v) is 7.74. The van der Waals surface area contributed by atoms with Crippen molar-refractivity contribution in [2.24, 2.45) is 5.92 Å². The molecule has 4 aromatic rings. The lowest BCUT2D eigenvalue weighted by molar-refractivity contribution is 0.482. The van der Waals surface area contributed by atoms with Crippen LogP contribution in [0.2, 0.25) is 0 Å². The van der Waals surface area contributed by atoms with Gasteiger partial charge in [-0.1, -0.05) is 31.2 Å². The van der Waals surface area contributed by atoms with Crippen molar-refractivity contribution in [3.63, 3.8) is 0 Å². The Hall–Kier alpha value is -3.60. The Morgan fingerprint density at radius 3 is 2.30 bits per heavy atom. The van der Waals surface area contributed by atoms with Crippen LogP contribution in [0.5, 0.6) is 11.5 Å². The molecule has 0 amide bonds. The lowest BCUT2D eigenvalue weighted by Crippen LogP contribution is -2.18. The van der Waals surface area contributed by atoms with E-state index in [1.807, 2.05) is 66.7 Å². The maximum absolute atomic E-state index is 5.95. The van der Waals surface area contributed by atoms with Crippen LogP contribution in [0.25, 0.3) is 22.9 Å². The van der Waals surface area contributed by atoms with Crippen LogP contribution in [0, 0.1) is 5.92 Å². The molecule has 30 heavy (non-hydrogen) atoms. The Kier molecular flexibility index (Phi) is 4.93. The molecule has 150 valence electrons. The number of ether oxygens (including phenoxy) is 1. The van der Waals surface area contributed by atoms with Crippen LogP contribution in [0.4, 0.5) is 5.69 Å². The first-order valence-electron chi connectivity index (χ1n) is 10.3. The minimum Gasteiger partial charge on any atom is -0.457 e. The highest BCUT2D eigenvalue weighted by Crippen LogP contribution is 2.30. The molecule has 1 aliphatic heterocycles. The summed E-state index contributed by atoms with van der Waals surface area (Å²) < 4.78 is 11.9. The second-order valence-electron chi connectivity index (χ2n) is 7.74. The third-order valence-corrected chi connectivity index (χ3v) is 5.39. The van der Waals surface area contributed by atoms with Crippen molar-refractivity contribution in [2.75, 3.05) is 18.0 Å². The quantitative estimate of drug-likeness (QED) is 0.411. The first-order valence-corrected chi connectivity index (χ1v) is 10.3. The van der Waals surface area contributed by atoms with E-state index in [1.165, 1.54) is 12.1 Å². The van der Waals surface area contributed by atoms with Crippen molar-refractivity contribution in [3.8, 4) is 34.4 Å². The van der Waals surface area contributed by atoms with Gasteiger partial charge in [0.1, 0.15) is 11.5 Å². The van der Waals surface area contributed by atoms with Gasteiger partial charge in [-0.2, -0.15) is 0 Å². The molecule has 0 saturated carbocycles. The van der Waals surface area contributed by atoms with E-state index in [-0.39, 0.29) is 0 Å². The van der Waals surface area contributed by atoms with Crippen molar-refractivity contribution >= 4 is 5.69 Å². The lowest BCUT2D eigenvalue weighted by atomic mass is 10.2. The van der Waals surface area contributed by atoms with Gasteiger partial charge in [-0.3, -0.25) is 0 Å². The summed E-state index contributed by atoms with van der Waals surface area (Å²) in [4.78, 5) is 2.42. The van der Waals surface area contributed by atoms with Gasteiger partial charge in [-0.05, 0) is 66.9 Å². The molecule has 5 heteroatoms. The number of rotatable bonds is 5. The Morgan fingerprint density at radius 1 is 0.833 bits per heavy atom. The van der Waals surface area contributed by atoms with E-state index in [2.05, 4.69) is 34.2 Å². The zero-order valence-corrected chi connectivity index (χ0v) is 16.9. The molecule has 0 spiro atoms. The smallest absolute Gasteiger partial charge is 0.248 e. The number of nitrogens with zero attached hydrogens (tertiary/aromatic N) is 3. The SMILES string of the molecule is CC1CCN(c2ccc(-c3nnc(-c4cccc(Oc5ccccc5)c4)o3)cc2)C1. The Balaban J connectivity index is 1.34. The van der Waals surface area contributed by atoms with Gasteiger partial charge >= 0.3 is 0 Å². The molecule has 0 N–H and O–H groups in total. The summed E-state index contributed by atoms with van der Waals surface area (Å²) in [6.45, 7) is 4.53. The van der Waals surface area contributed by atoms with Gasteiger partial charge in [-0.15, -0.1) is 10.2 Å². The minimum atomic E-state index is 0.473. The van der Waals surface area contributed by atoms with Crippen molar-refractivity contribution in [1.82, 2.24) is 10.2 Å². The van der Waals surface area contributed by atoms with Gasteiger partial charge in [0.15, 0.2) is 0 Å². The van der Waals surface area contributed by atoms with Crippen LogP contribution < -0.4 is 9.64 Å². The molecule has 1 unspecified atom stereocenters. The van der Waals surface area contributed by atoms with Crippen LogP contribution in [-0.4, -0.2) is 23.3 Å². The van der Waals surface area contributed by atoms with Gasteiger partial charge in [0, 0.05) is 29.9 Å². The Morgan fingerprint density at radius 2 is 1.57 bits per heavy atom. The molecule has 1 fully saturated rings. The fraction of sp³-hybridized carbons (Fsp3) is 0.200. The van der Waals surface area contributed by atoms with Gasteiger partial charge in [0.05, 0.1) is 0 Å². The van der Waals surface area contributed by atoms with Gasteiger partial charge < -0.3 is 14.1 Å². The Labute approximate surface area is 175 Å². The number of para-hydroxylation sites is 1. The molecule has 5 nitrogen and oxygen atoms in total. The Bertz CT molecular complexity index is 1120. The highest BCUT2D eigenvalue weighted by molar-refractivity contribution is 5.62. The van der Waals surface area contributed by atoms with Gasteiger partial charge in [-0.25, -0.2) is 0 Å². The van der Waals surface area contributed by atoms with Gasteiger partial charge in [0.25, 0.3) is 0 Å². The zero-order chi connectivity index (χ0) is 20.3. The third-order valence-electron chi connectivity index (χ3n) is 5.39. The summed E-state index contributed by atoms with van der Waals surface area (Å²) in [6.07, 6.45) is 1.25. The van der Waals surface area contributed by atoms with Crippen LogP contribution in [-0.2, 0) is 0 Å². The van der Waals surface area contributed by atoms with E-state index in [4.69, 9.17) is 9.15 Å². The van der Waals surface area contributed by atoms with E-state index in [1.54, 1.807) is 0 Å². The first kappa shape index (κ1) is 18.4. The maximum Gasteiger partial charge on any atom is 0.248 e. The van der Waals surface area contributed by atoms with Crippen LogP contribution in [0.1, 0.15) is 13.3 Å². The van der Waals surface area contributed by atoms with Crippen molar-refractivity contribution in [1.29, 1.82) is 0 Å². The van der Waals surface area contributed by atoms with E-state index in [9.17, 15) is 0 Å². The van der Waals surface area contributed by atoms with E-state index < -0.39 is 0 Å². The van der Waals surface area contributed by atoms with Crippen molar-refractivity contribution < 1.29 is 9.15 Å². The molecule has 1 atom stereocenters. The lowest BCUT2D eigenvalue weighted by Gasteiger charge is -2.18. The molecule has 1 aromatic heterocycles. The number of benzene rings is 3. The number of aromatic nitrogens is 2. The molecular weight excluding hydrogens is 374 g/mol. The number of hydrogen-bond acceptors (Lipinski definition) is 5. The summed E-state index contributed by atoms with van der Waals surface area (Å²) in [7, 11) is 0. The van der Waals surface area contributed by atoms with E-state index >= 15 is 0 Å². The largest absolute Gasteiger partial charge is 0.457 e. The topological polar surface area (TPSA) is 51.4 Å². The molecule has 0 bridgehead atoms. The molecule has 1 aliphatic rings. The average Bonchev–Trinajstić information content (AvgIpc) is 3.44. The fourth-order valence-corrected chi connectivity index (χ4v) is 3.76. The number of anilines is 1. The van der Waals surface area contributed by atoms with Crippen LogP contribution in [0.15, 0.2) is 83.3 Å². The first-order chi connectivity index (χ1) is 14.7. The third kappa shape index (κ3) is 3.92. The maximum atomic E-state index is 5.95. The van der Waals surface area contributed by atoms with E-state index in [0.29, 0.717) is 11.8 Å². The predicted octanol–water partition coefficient (Wildman–Crippen LogP) is 6.04. The molecule has 0 radical (unpaired) electrons. The summed E-state index contributed by atoms with van der Waals surface area (Å²) >= 11 is 0. The molecule has 3 aromatic carbocycles. The summed E-state index contributed by atoms with van der Waals surface area (Å²) in [6, 6.07) is 25.7. The predicted molar refractivity (Wildman–Crippen MR) is 118 cm³/mol. The molecule has 0 aliphatic carbocycles. The van der Waals surface area contributed by atoms with E-state index in [0.717, 1.165) is 41.6 Å². The summed E-state index contributed by atoms with van der Waals surface area (Å²) in [5.74, 6) is 3.25. The van der Waals surface area contributed by atoms with Crippen LogP contribution >= 0.6 is 0 Å². The summed E-state index contributed by atoms with van der Waals surface area (Å²) in [5.41, 5.74) is 2.99. The molecular formula is C25H23N3O2. The molecule has 5 rings (SSSR count). The van der Waals surface area contributed by atoms with Crippen LogP contribution in [0.3, 0.4) is 0 Å². The monoisotopic (exact) mass is 397 g/mol. The fourth-order valence-electron chi connectivity index (χ4n) is 3.76. The number of hydrogen-bond donors (Lipinski definition) is 0. The average molecular weight is 397 g/mol. The standard InChI is InChI=1S/C25H23N3O2/c1-18-14-15-28(17-18)21-12-10-19(11-13-21)24-26-27-25(30-24)20-6-5-9-23(16-20)29-22-7-3-2-4-8-22/h2-13,16,18H,14-15,17H2,1H3. The normalized spacial score (nSPS) is 16.0. The highest BCUT2D eigenvalue weighted by Gasteiger charge is 2.19. The highest BCUT2D eigenvalue weighted by atomic mass is 16.5. The molecule has 2 heterocycles. The molecule has 1 saturated heterocycles. The second kappa shape index (κ2) is 8.03. The summed E-state index contributed by atoms with van der Waals surface area (Å²) in [5, 5.41) is 8.48. The zero-order valence-electron chi connectivity index (χ0n) is 16.9. The minimum absolute atomic E-state index is 0.473. The van der Waals surface area contributed by atoms with Crippen molar-refractivity contribution in [2.45, 2.75) is 13.3 Å². The van der Waals surface area contributed by atoms with Crippen molar-refractivity contribution in [3.05, 3.63) is 78.9 Å². The van der Waals surface area contributed by atoms with Gasteiger partial charge in [0.2, 0.25) is 11.8 Å².